The minimum atomic E-state index is -4.01. The zero-order chi connectivity index (χ0) is 20.7. The highest BCUT2D eigenvalue weighted by molar-refractivity contribution is 7.90. The molecule has 1 aromatic rings. The lowest BCUT2D eigenvalue weighted by Crippen LogP contribution is -2.30. The molecule has 0 aliphatic rings. The maximum Gasteiger partial charge on any atom is 0.302 e. The molecule has 0 amide bonds. The van der Waals surface area contributed by atoms with Gasteiger partial charge in [0.25, 0.3) is 0 Å². The van der Waals surface area contributed by atoms with Crippen LogP contribution >= 0.6 is 0 Å². The molecule has 0 radical (unpaired) electrons. The largest absolute Gasteiger partial charge is 0.464 e. The van der Waals surface area contributed by atoms with Crippen molar-refractivity contribution in [2.24, 2.45) is 0 Å². The highest BCUT2D eigenvalue weighted by atomic mass is 32.2. The molecule has 0 saturated carbocycles. The molecule has 0 bridgehead atoms. The first kappa shape index (κ1) is 23.0. The van der Waals surface area contributed by atoms with Crippen molar-refractivity contribution >= 4 is 32.0 Å². The van der Waals surface area contributed by atoms with E-state index in [0.717, 1.165) is 6.07 Å². The van der Waals surface area contributed by atoms with Crippen LogP contribution in [0.4, 0.5) is 0 Å². The number of hydrogen-bond donors (Lipinski definition) is 2. The van der Waals surface area contributed by atoms with E-state index in [1.807, 2.05) is 0 Å². The van der Waals surface area contributed by atoms with E-state index >= 15 is 0 Å². The number of aryl methyl sites for hydroxylation is 1. The summed E-state index contributed by atoms with van der Waals surface area (Å²) in [5, 5.41) is 0. The maximum absolute atomic E-state index is 12.4. The second-order valence-corrected chi connectivity index (χ2v) is 8.91. The zero-order valence-electron chi connectivity index (χ0n) is 15.1. The highest BCUT2D eigenvalue weighted by Crippen LogP contribution is 2.20. The van der Waals surface area contributed by atoms with Crippen LogP contribution in [-0.2, 0) is 39.1 Å². The summed E-state index contributed by atoms with van der Waals surface area (Å²) < 4.78 is 63.1. The molecule has 0 fully saturated rings. The Morgan fingerprint density at radius 1 is 0.889 bits per heavy atom. The number of nitrogens with one attached hydrogen (secondary N) is 2. The van der Waals surface area contributed by atoms with Crippen molar-refractivity contribution in [3.8, 4) is 0 Å². The molecule has 152 valence electrons. The summed E-state index contributed by atoms with van der Waals surface area (Å²) >= 11 is 0. The van der Waals surface area contributed by atoms with Gasteiger partial charge in [0.05, 0.1) is 9.79 Å². The molecule has 2 N–H and O–H groups in total. The van der Waals surface area contributed by atoms with Crippen molar-refractivity contribution in [3.05, 3.63) is 23.8 Å². The Morgan fingerprint density at radius 2 is 1.37 bits per heavy atom. The number of hydrogen-bond acceptors (Lipinski definition) is 8. The number of carbonyl (C=O) groups is 2. The molecular weight excluding hydrogens is 400 g/mol. The molecule has 0 aliphatic carbocycles. The van der Waals surface area contributed by atoms with Crippen LogP contribution in [0.3, 0.4) is 0 Å². The van der Waals surface area contributed by atoms with Gasteiger partial charge >= 0.3 is 11.9 Å². The normalized spacial score (nSPS) is 11.8. The van der Waals surface area contributed by atoms with E-state index in [-0.39, 0.29) is 36.1 Å². The topological polar surface area (TPSA) is 145 Å². The van der Waals surface area contributed by atoms with Crippen LogP contribution in [0.1, 0.15) is 19.4 Å². The first-order valence-electron chi connectivity index (χ1n) is 7.82. The van der Waals surface area contributed by atoms with Gasteiger partial charge in [0.2, 0.25) is 20.0 Å². The summed E-state index contributed by atoms with van der Waals surface area (Å²) in [5.74, 6) is -1.09. The summed E-state index contributed by atoms with van der Waals surface area (Å²) in [6.45, 7) is 3.30. The van der Waals surface area contributed by atoms with E-state index in [2.05, 4.69) is 18.9 Å². The lowest BCUT2D eigenvalue weighted by Gasteiger charge is -2.12. The van der Waals surface area contributed by atoms with Gasteiger partial charge in [0.15, 0.2) is 0 Å². The van der Waals surface area contributed by atoms with Gasteiger partial charge in [0, 0.05) is 26.9 Å². The Labute approximate surface area is 158 Å². The van der Waals surface area contributed by atoms with Crippen molar-refractivity contribution < 1.29 is 35.9 Å². The molecule has 0 aliphatic heterocycles. The third-order valence-corrected chi connectivity index (χ3v) is 6.22. The van der Waals surface area contributed by atoms with Crippen molar-refractivity contribution in [2.45, 2.75) is 30.6 Å². The standard InChI is InChI=1S/C15H22N2O8S2/c1-11-4-5-14(26(20,21)16-6-8-24-12(2)18)10-15(11)27(22,23)17-7-9-25-13(3)19/h4-5,10,16-17H,6-9H2,1-3H3. The van der Waals surface area contributed by atoms with Gasteiger partial charge in [-0.3, -0.25) is 9.59 Å². The number of benzene rings is 1. The average molecular weight is 422 g/mol. The van der Waals surface area contributed by atoms with Gasteiger partial charge in [-0.25, -0.2) is 26.3 Å². The fourth-order valence-electron chi connectivity index (χ4n) is 1.94. The van der Waals surface area contributed by atoms with Gasteiger partial charge in [-0.15, -0.1) is 0 Å². The van der Waals surface area contributed by atoms with E-state index < -0.39 is 32.0 Å². The molecule has 10 nitrogen and oxygen atoms in total. The smallest absolute Gasteiger partial charge is 0.302 e. The SMILES string of the molecule is CC(=O)OCCNS(=O)(=O)c1ccc(C)c(S(=O)(=O)NCCOC(C)=O)c1. The van der Waals surface area contributed by atoms with Crippen LogP contribution in [0.5, 0.6) is 0 Å². The fraction of sp³-hybridized carbons (Fsp3) is 0.467. The number of carbonyl (C=O) groups excluding carboxylic acids is 2. The third kappa shape index (κ3) is 7.62. The fourth-order valence-corrected chi connectivity index (χ4v) is 4.33. The molecule has 27 heavy (non-hydrogen) atoms. The van der Waals surface area contributed by atoms with Gasteiger partial charge in [-0.1, -0.05) is 6.07 Å². The Morgan fingerprint density at radius 3 is 1.85 bits per heavy atom. The van der Waals surface area contributed by atoms with Crippen molar-refractivity contribution in [1.29, 1.82) is 0 Å². The van der Waals surface area contributed by atoms with Gasteiger partial charge in [-0.2, -0.15) is 0 Å². The molecule has 0 unspecified atom stereocenters. The minimum Gasteiger partial charge on any atom is -0.464 e. The molecule has 0 heterocycles. The number of esters is 2. The Kier molecular flexibility index (Phi) is 8.34. The average Bonchev–Trinajstić information content (AvgIpc) is 2.55. The van der Waals surface area contributed by atoms with E-state index in [0.29, 0.717) is 5.56 Å². The van der Waals surface area contributed by atoms with Gasteiger partial charge in [0.1, 0.15) is 13.2 Å². The van der Waals surface area contributed by atoms with E-state index in [1.54, 1.807) is 0 Å². The predicted molar refractivity (Wildman–Crippen MR) is 94.8 cm³/mol. The molecule has 0 atom stereocenters. The van der Waals surface area contributed by atoms with Crippen LogP contribution in [0, 0.1) is 6.92 Å². The summed E-state index contributed by atoms with van der Waals surface area (Å²) in [5.41, 5.74) is 0.342. The minimum absolute atomic E-state index is 0.149. The summed E-state index contributed by atoms with van der Waals surface area (Å²) in [7, 11) is -8.01. The van der Waals surface area contributed by atoms with E-state index in [9.17, 15) is 26.4 Å². The zero-order valence-corrected chi connectivity index (χ0v) is 16.8. The maximum atomic E-state index is 12.4. The summed E-state index contributed by atoms with van der Waals surface area (Å²) in [6, 6.07) is 3.65. The third-order valence-electron chi connectivity index (χ3n) is 3.16. The number of ether oxygens (including phenoxy) is 2. The first-order valence-corrected chi connectivity index (χ1v) is 10.8. The number of sulfonamides is 2. The Hall–Kier alpha value is -2.02. The second-order valence-electron chi connectivity index (χ2n) is 5.40. The summed E-state index contributed by atoms with van der Waals surface area (Å²) in [6.07, 6.45) is 0. The van der Waals surface area contributed by atoms with Crippen molar-refractivity contribution in [3.63, 3.8) is 0 Å². The highest BCUT2D eigenvalue weighted by Gasteiger charge is 2.21. The van der Waals surface area contributed by atoms with E-state index in [4.69, 9.17) is 0 Å². The molecule has 0 spiro atoms. The molecule has 1 rings (SSSR count). The Balaban J connectivity index is 2.92. The predicted octanol–water partition coefficient (Wildman–Crippen LogP) is -0.322. The van der Waals surface area contributed by atoms with Crippen LogP contribution in [0.2, 0.25) is 0 Å². The quantitative estimate of drug-likeness (QED) is 0.385. The lowest BCUT2D eigenvalue weighted by molar-refractivity contribution is -0.141. The second kappa shape index (κ2) is 9.78. The van der Waals surface area contributed by atoms with Crippen LogP contribution < -0.4 is 9.44 Å². The molecule has 0 aromatic heterocycles. The van der Waals surface area contributed by atoms with Crippen LogP contribution in [-0.4, -0.2) is 55.1 Å². The van der Waals surface area contributed by atoms with Gasteiger partial charge in [-0.05, 0) is 24.6 Å². The lowest BCUT2D eigenvalue weighted by atomic mass is 10.2. The van der Waals surface area contributed by atoms with E-state index in [1.165, 1.54) is 32.9 Å². The van der Waals surface area contributed by atoms with Crippen molar-refractivity contribution in [2.75, 3.05) is 26.3 Å². The van der Waals surface area contributed by atoms with Crippen molar-refractivity contribution in [1.82, 2.24) is 9.44 Å². The molecule has 0 saturated heterocycles. The Bertz CT molecular complexity index is 894. The molecular formula is C15H22N2O8S2. The van der Waals surface area contributed by atoms with Gasteiger partial charge < -0.3 is 9.47 Å². The monoisotopic (exact) mass is 422 g/mol. The summed E-state index contributed by atoms with van der Waals surface area (Å²) in [4.78, 5) is 20.9. The number of rotatable bonds is 10. The molecule has 12 heteroatoms. The molecule has 1 aromatic carbocycles. The van der Waals surface area contributed by atoms with Crippen LogP contribution in [0.25, 0.3) is 0 Å². The van der Waals surface area contributed by atoms with Crippen LogP contribution in [0.15, 0.2) is 28.0 Å². The first-order chi connectivity index (χ1) is 12.5.